The molecule has 0 atom stereocenters. The average Bonchev–Trinajstić information content (AvgIpc) is 3.02. The van der Waals surface area contributed by atoms with E-state index >= 15 is 0 Å². The van der Waals surface area contributed by atoms with Crippen molar-refractivity contribution < 1.29 is 5.11 Å². The monoisotopic (exact) mass is 303 g/mol. The highest BCUT2D eigenvalue weighted by molar-refractivity contribution is 7.07. The van der Waals surface area contributed by atoms with Gasteiger partial charge in [-0.2, -0.15) is 0 Å². The molecule has 112 valence electrons. The summed E-state index contributed by atoms with van der Waals surface area (Å²) >= 11 is 1.66. The number of piperidine rings is 1. The van der Waals surface area contributed by atoms with Crippen LogP contribution >= 0.6 is 11.3 Å². The lowest BCUT2D eigenvalue weighted by Crippen LogP contribution is -2.38. The van der Waals surface area contributed by atoms with Crippen LogP contribution in [0.1, 0.15) is 24.1 Å². The van der Waals surface area contributed by atoms with Crippen molar-refractivity contribution >= 4 is 17.0 Å². The molecule has 0 radical (unpaired) electrons. The van der Waals surface area contributed by atoms with Gasteiger partial charge >= 0.3 is 0 Å². The van der Waals surface area contributed by atoms with Crippen molar-refractivity contribution in [2.45, 2.75) is 32.0 Å². The first-order valence-corrected chi connectivity index (χ1v) is 8.33. The highest BCUT2D eigenvalue weighted by Crippen LogP contribution is 2.19. The van der Waals surface area contributed by atoms with E-state index in [4.69, 9.17) is 0 Å². The molecule has 3 rings (SSSR count). The summed E-state index contributed by atoms with van der Waals surface area (Å²) in [6, 6.07) is 8.56. The topological polar surface area (TPSA) is 48.4 Å². The molecule has 2 heterocycles. The molecule has 21 heavy (non-hydrogen) atoms. The number of aliphatic hydroxyl groups excluding tert-OH is 1. The van der Waals surface area contributed by atoms with E-state index in [1.165, 1.54) is 5.69 Å². The van der Waals surface area contributed by atoms with Crippen LogP contribution in [0.5, 0.6) is 0 Å². The standard InChI is InChI=1S/C16H21N3OS/c20-10-13-2-1-3-15(8-13)18-14-4-6-19(7-5-14)9-16-11-21-12-17-16/h1-3,8,11-12,14,18,20H,4-7,9-10H2. The summed E-state index contributed by atoms with van der Waals surface area (Å²) in [5.74, 6) is 0. The van der Waals surface area contributed by atoms with Gasteiger partial charge in [-0.3, -0.25) is 4.90 Å². The van der Waals surface area contributed by atoms with Crippen molar-refractivity contribution in [1.29, 1.82) is 0 Å². The van der Waals surface area contributed by atoms with Crippen LogP contribution in [0.3, 0.4) is 0 Å². The second-order valence-corrected chi connectivity index (χ2v) is 6.25. The molecule has 1 aromatic heterocycles. The molecule has 1 saturated heterocycles. The number of hydrogen-bond donors (Lipinski definition) is 2. The number of rotatable bonds is 5. The zero-order valence-corrected chi connectivity index (χ0v) is 12.9. The number of hydrogen-bond acceptors (Lipinski definition) is 5. The van der Waals surface area contributed by atoms with E-state index in [0.29, 0.717) is 6.04 Å². The summed E-state index contributed by atoms with van der Waals surface area (Å²) in [6.07, 6.45) is 2.29. The molecule has 1 aromatic carbocycles. The van der Waals surface area contributed by atoms with Gasteiger partial charge in [0, 0.05) is 36.7 Å². The van der Waals surface area contributed by atoms with Gasteiger partial charge in [-0.05, 0) is 30.5 Å². The van der Waals surface area contributed by atoms with Gasteiger partial charge in [-0.1, -0.05) is 12.1 Å². The molecule has 5 heteroatoms. The zero-order valence-electron chi connectivity index (χ0n) is 12.0. The quantitative estimate of drug-likeness (QED) is 0.891. The molecule has 4 nitrogen and oxygen atoms in total. The average molecular weight is 303 g/mol. The third kappa shape index (κ3) is 4.03. The number of thiazole rings is 1. The van der Waals surface area contributed by atoms with Crippen molar-refractivity contribution in [3.8, 4) is 0 Å². The number of likely N-dealkylation sites (tertiary alicyclic amines) is 1. The fraction of sp³-hybridized carbons (Fsp3) is 0.438. The van der Waals surface area contributed by atoms with Gasteiger partial charge in [0.2, 0.25) is 0 Å². The van der Waals surface area contributed by atoms with Gasteiger partial charge in [-0.15, -0.1) is 11.3 Å². The molecule has 2 N–H and O–H groups in total. The molecule has 0 bridgehead atoms. The Balaban J connectivity index is 1.49. The molecule has 1 aliphatic heterocycles. The van der Waals surface area contributed by atoms with Crippen LogP contribution in [-0.4, -0.2) is 34.1 Å². The molecule has 0 saturated carbocycles. The first kappa shape index (κ1) is 14.5. The molecule has 0 spiro atoms. The third-order valence-corrected chi connectivity index (χ3v) is 4.57. The van der Waals surface area contributed by atoms with Crippen molar-refractivity contribution in [2.24, 2.45) is 0 Å². The van der Waals surface area contributed by atoms with Gasteiger partial charge in [0.1, 0.15) is 0 Å². The van der Waals surface area contributed by atoms with Crippen LogP contribution in [0.25, 0.3) is 0 Å². The minimum absolute atomic E-state index is 0.0988. The van der Waals surface area contributed by atoms with E-state index in [1.54, 1.807) is 11.3 Å². The van der Waals surface area contributed by atoms with Crippen LogP contribution in [-0.2, 0) is 13.2 Å². The zero-order chi connectivity index (χ0) is 14.5. The summed E-state index contributed by atoms with van der Waals surface area (Å²) in [4.78, 5) is 6.82. The largest absolute Gasteiger partial charge is 0.392 e. The normalized spacial score (nSPS) is 17.0. The van der Waals surface area contributed by atoms with Gasteiger partial charge in [0.25, 0.3) is 0 Å². The van der Waals surface area contributed by atoms with E-state index in [0.717, 1.165) is 43.7 Å². The minimum Gasteiger partial charge on any atom is -0.392 e. The maximum atomic E-state index is 9.19. The molecule has 0 amide bonds. The predicted octanol–water partition coefficient (Wildman–Crippen LogP) is 2.71. The lowest BCUT2D eigenvalue weighted by Gasteiger charge is -2.32. The van der Waals surface area contributed by atoms with Gasteiger partial charge in [0.05, 0.1) is 17.8 Å². The minimum atomic E-state index is 0.0988. The number of nitrogens with zero attached hydrogens (tertiary/aromatic N) is 2. The van der Waals surface area contributed by atoms with Gasteiger partial charge in [-0.25, -0.2) is 4.98 Å². The van der Waals surface area contributed by atoms with Crippen molar-refractivity contribution in [1.82, 2.24) is 9.88 Å². The first-order valence-electron chi connectivity index (χ1n) is 7.39. The Hall–Kier alpha value is -1.43. The summed E-state index contributed by atoms with van der Waals surface area (Å²) in [7, 11) is 0. The fourth-order valence-electron chi connectivity index (χ4n) is 2.78. The Bertz CT molecular complexity index is 550. The summed E-state index contributed by atoms with van der Waals surface area (Å²) in [6.45, 7) is 3.28. The van der Waals surface area contributed by atoms with Crippen LogP contribution in [0.15, 0.2) is 35.2 Å². The number of aliphatic hydroxyl groups is 1. The van der Waals surface area contributed by atoms with Crippen LogP contribution in [0, 0.1) is 0 Å². The summed E-state index contributed by atoms with van der Waals surface area (Å²) in [5.41, 5.74) is 5.15. The lowest BCUT2D eigenvalue weighted by molar-refractivity contribution is 0.209. The molecule has 0 aliphatic carbocycles. The Kier molecular flexibility index (Phi) is 4.85. The van der Waals surface area contributed by atoms with Crippen molar-refractivity contribution in [3.05, 3.63) is 46.4 Å². The smallest absolute Gasteiger partial charge is 0.0795 e. The summed E-state index contributed by atoms with van der Waals surface area (Å²) < 4.78 is 0. The molecular formula is C16H21N3OS. The summed E-state index contributed by atoms with van der Waals surface area (Å²) in [5, 5.41) is 14.9. The van der Waals surface area contributed by atoms with Gasteiger partial charge < -0.3 is 10.4 Å². The molecule has 2 aromatic rings. The van der Waals surface area contributed by atoms with E-state index in [1.807, 2.05) is 23.7 Å². The second kappa shape index (κ2) is 7.02. The van der Waals surface area contributed by atoms with Gasteiger partial charge in [0.15, 0.2) is 0 Å². The van der Waals surface area contributed by atoms with Crippen LogP contribution < -0.4 is 5.32 Å². The van der Waals surface area contributed by atoms with E-state index in [2.05, 4.69) is 26.6 Å². The number of anilines is 1. The fourth-order valence-corrected chi connectivity index (χ4v) is 3.32. The Labute approximate surface area is 129 Å². The van der Waals surface area contributed by atoms with Crippen molar-refractivity contribution in [2.75, 3.05) is 18.4 Å². The maximum Gasteiger partial charge on any atom is 0.0795 e. The predicted molar refractivity (Wildman–Crippen MR) is 86.4 cm³/mol. The third-order valence-electron chi connectivity index (χ3n) is 3.94. The van der Waals surface area contributed by atoms with E-state index < -0.39 is 0 Å². The SMILES string of the molecule is OCc1cccc(NC2CCN(Cc3cscn3)CC2)c1. The van der Waals surface area contributed by atoms with E-state index in [9.17, 15) is 5.11 Å². The maximum absolute atomic E-state index is 9.19. The second-order valence-electron chi connectivity index (χ2n) is 5.53. The van der Waals surface area contributed by atoms with Crippen LogP contribution in [0.2, 0.25) is 0 Å². The molecular weight excluding hydrogens is 282 g/mol. The number of nitrogens with one attached hydrogen (secondary N) is 1. The van der Waals surface area contributed by atoms with Crippen molar-refractivity contribution in [3.63, 3.8) is 0 Å². The highest BCUT2D eigenvalue weighted by Gasteiger charge is 2.19. The first-order chi connectivity index (χ1) is 10.3. The van der Waals surface area contributed by atoms with Crippen LogP contribution in [0.4, 0.5) is 5.69 Å². The molecule has 1 aliphatic rings. The number of aromatic nitrogens is 1. The number of benzene rings is 1. The Morgan fingerprint density at radius 2 is 2.19 bits per heavy atom. The Morgan fingerprint density at radius 3 is 2.90 bits per heavy atom. The highest BCUT2D eigenvalue weighted by atomic mass is 32.1. The molecule has 0 unspecified atom stereocenters. The van der Waals surface area contributed by atoms with E-state index in [-0.39, 0.29) is 6.61 Å². The molecule has 1 fully saturated rings. The lowest BCUT2D eigenvalue weighted by atomic mass is 10.0. The Morgan fingerprint density at radius 1 is 1.33 bits per heavy atom.